The van der Waals surface area contributed by atoms with Gasteiger partial charge in [0.2, 0.25) is 15.9 Å². The van der Waals surface area contributed by atoms with Crippen LogP contribution in [0.2, 0.25) is 0 Å². The van der Waals surface area contributed by atoms with Crippen molar-refractivity contribution in [1.29, 1.82) is 0 Å². The molecule has 0 aliphatic rings. The van der Waals surface area contributed by atoms with Crippen molar-refractivity contribution in [1.82, 2.24) is 10.0 Å². The highest BCUT2D eigenvalue weighted by atomic mass is 32.2. The van der Waals surface area contributed by atoms with Crippen LogP contribution in [-0.2, 0) is 21.4 Å². The number of carbonyl (C=O) groups excluding carboxylic acids is 1. The molecule has 1 atom stereocenters. The molecule has 0 saturated heterocycles. The maximum Gasteiger partial charge on any atom is 0.241 e. The summed E-state index contributed by atoms with van der Waals surface area (Å²) < 4.78 is 38.8. The summed E-state index contributed by atoms with van der Waals surface area (Å²) in [4.78, 5) is 12.7. The van der Waals surface area contributed by atoms with E-state index < -0.39 is 16.1 Å². The van der Waals surface area contributed by atoms with Gasteiger partial charge < -0.3 is 14.5 Å². The molecule has 0 aliphatic heterocycles. The Morgan fingerprint density at radius 2 is 1.80 bits per heavy atom. The van der Waals surface area contributed by atoms with Crippen molar-refractivity contribution in [3.05, 3.63) is 83.8 Å². The zero-order valence-electron chi connectivity index (χ0n) is 16.8. The first-order chi connectivity index (χ1) is 14.4. The van der Waals surface area contributed by atoms with E-state index in [0.29, 0.717) is 11.5 Å². The van der Waals surface area contributed by atoms with Crippen molar-refractivity contribution in [3.63, 3.8) is 0 Å². The summed E-state index contributed by atoms with van der Waals surface area (Å²) in [7, 11) is -2.27. The van der Waals surface area contributed by atoms with Gasteiger partial charge in [0.05, 0.1) is 30.7 Å². The molecule has 2 N–H and O–H groups in total. The van der Waals surface area contributed by atoms with Gasteiger partial charge in [-0.25, -0.2) is 8.42 Å². The summed E-state index contributed by atoms with van der Waals surface area (Å²) in [6.07, 6.45) is 1.32. The number of para-hydroxylation sites is 1. The van der Waals surface area contributed by atoms with Crippen molar-refractivity contribution >= 4 is 15.9 Å². The van der Waals surface area contributed by atoms with Crippen LogP contribution in [0.5, 0.6) is 5.75 Å². The molecule has 158 valence electrons. The van der Waals surface area contributed by atoms with Crippen molar-refractivity contribution in [2.45, 2.75) is 30.8 Å². The first-order valence-electron chi connectivity index (χ1n) is 9.40. The third-order valence-electron chi connectivity index (χ3n) is 4.57. The molecule has 0 saturated carbocycles. The number of hydrogen-bond donors (Lipinski definition) is 2. The maximum absolute atomic E-state index is 12.8. The second-order valence-electron chi connectivity index (χ2n) is 6.80. The Bertz CT molecular complexity index is 1080. The topological polar surface area (TPSA) is 97.6 Å². The summed E-state index contributed by atoms with van der Waals surface area (Å²) in [6, 6.07) is 16.3. The Balaban J connectivity index is 1.71. The molecule has 8 heteroatoms. The van der Waals surface area contributed by atoms with Crippen LogP contribution in [0.1, 0.15) is 29.3 Å². The van der Waals surface area contributed by atoms with Gasteiger partial charge in [0, 0.05) is 12.1 Å². The van der Waals surface area contributed by atoms with E-state index >= 15 is 0 Å². The van der Waals surface area contributed by atoms with Crippen LogP contribution in [-0.4, -0.2) is 21.4 Å². The Morgan fingerprint density at radius 3 is 2.47 bits per heavy atom. The Labute approximate surface area is 176 Å². The number of hydrogen-bond acceptors (Lipinski definition) is 5. The fraction of sp³-hybridized carbons (Fsp3) is 0.227. The van der Waals surface area contributed by atoms with Crippen molar-refractivity contribution in [3.8, 4) is 5.75 Å². The Hall–Kier alpha value is -3.10. The molecule has 3 rings (SSSR count). The summed E-state index contributed by atoms with van der Waals surface area (Å²) in [5.74, 6) is 0.701. The summed E-state index contributed by atoms with van der Waals surface area (Å²) in [5, 5.41) is 2.80. The highest BCUT2D eigenvalue weighted by Crippen LogP contribution is 2.22. The minimum Gasteiger partial charge on any atom is -0.496 e. The molecule has 0 bridgehead atoms. The van der Waals surface area contributed by atoms with E-state index in [2.05, 4.69) is 10.0 Å². The van der Waals surface area contributed by atoms with E-state index in [-0.39, 0.29) is 23.8 Å². The number of nitrogens with one attached hydrogen (secondary N) is 2. The molecule has 1 heterocycles. The molecule has 2 aromatic carbocycles. The van der Waals surface area contributed by atoms with Crippen LogP contribution in [0, 0.1) is 6.92 Å². The largest absolute Gasteiger partial charge is 0.496 e. The van der Waals surface area contributed by atoms with Crippen molar-refractivity contribution in [2.24, 2.45) is 0 Å². The highest BCUT2D eigenvalue weighted by Gasteiger charge is 2.25. The fourth-order valence-electron chi connectivity index (χ4n) is 2.96. The molecular weight excluding hydrogens is 404 g/mol. The first-order valence-corrected chi connectivity index (χ1v) is 10.9. The second kappa shape index (κ2) is 9.60. The van der Waals surface area contributed by atoms with Crippen LogP contribution in [0.25, 0.3) is 0 Å². The van der Waals surface area contributed by atoms with Gasteiger partial charge in [-0.05, 0) is 37.3 Å². The zero-order chi connectivity index (χ0) is 21.6. The zero-order valence-corrected chi connectivity index (χ0v) is 17.6. The van der Waals surface area contributed by atoms with Crippen LogP contribution < -0.4 is 14.8 Å². The van der Waals surface area contributed by atoms with Crippen LogP contribution in [0.4, 0.5) is 0 Å². The number of carbonyl (C=O) groups is 1. The normalized spacial score (nSPS) is 12.3. The lowest BCUT2D eigenvalue weighted by atomic mass is 10.1. The standard InChI is InChI=1S/C22H24N2O5S/c1-16-9-11-18(12-10-16)30(26,27)24-19(21-8-5-13-29-21)14-22(25)23-15-17-6-3-4-7-20(17)28-2/h3-13,19,24H,14-15H2,1-2H3,(H,23,25)/t19-/m0/s1. The third kappa shape index (κ3) is 5.49. The van der Waals surface area contributed by atoms with Crippen LogP contribution in [0.15, 0.2) is 76.2 Å². The molecular formula is C22H24N2O5S. The summed E-state index contributed by atoms with van der Waals surface area (Å²) in [5.41, 5.74) is 1.77. The molecule has 1 aromatic heterocycles. The van der Waals surface area contributed by atoms with Gasteiger partial charge in [-0.2, -0.15) is 4.72 Å². The molecule has 7 nitrogen and oxygen atoms in total. The molecule has 30 heavy (non-hydrogen) atoms. The lowest BCUT2D eigenvalue weighted by molar-refractivity contribution is -0.121. The number of sulfonamides is 1. The van der Waals surface area contributed by atoms with Gasteiger partial charge in [-0.15, -0.1) is 0 Å². The van der Waals surface area contributed by atoms with E-state index in [4.69, 9.17) is 9.15 Å². The molecule has 1 amide bonds. The Kier molecular flexibility index (Phi) is 6.91. The minimum atomic E-state index is -3.84. The van der Waals surface area contributed by atoms with Crippen LogP contribution in [0.3, 0.4) is 0 Å². The van der Waals surface area contributed by atoms with Crippen molar-refractivity contribution < 1.29 is 22.4 Å². The number of furan rings is 1. The minimum absolute atomic E-state index is 0.117. The highest BCUT2D eigenvalue weighted by molar-refractivity contribution is 7.89. The maximum atomic E-state index is 12.8. The SMILES string of the molecule is COc1ccccc1CNC(=O)C[C@H](NS(=O)(=O)c1ccc(C)cc1)c1ccco1. The van der Waals surface area contributed by atoms with Gasteiger partial charge in [0.1, 0.15) is 11.5 Å². The van der Waals surface area contributed by atoms with E-state index in [9.17, 15) is 13.2 Å². The predicted octanol–water partition coefficient (Wildman–Crippen LogP) is 3.32. The monoisotopic (exact) mass is 428 g/mol. The lowest BCUT2D eigenvalue weighted by Gasteiger charge is -2.17. The van der Waals surface area contributed by atoms with E-state index in [1.165, 1.54) is 18.4 Å². The molecule has 0 unspecified atom stereocenters. The summed E-state index contributed by atoms with van der Waals surface area (Å²) in [6.45, 7) is 2.14. The fourth-order valence-corrected chi connectivity index (χ4v) is 4.17. The Morgan fingerprint density at radius 1 is 1.07 bits per heavy atom. The molecule has 0 fully saturated rings. The first kappa shape index (κ1) is 21.6. The van der Waals surface area contributed by atoms with E-state index in [1.54, 1.807) is 31.4 Å². The number of benzene rings is 2. The van der Waals surface area contributed by atoms with Crippen LogP contribution >= 0.6 is 0 Å². The predicted molar refractivity (Wildman–Crippen MR) is 112 cm³/mol. The van der Waals surface area contributed by atoms with Gasteiger partial charge in [-0.1, -0.05) is 35.9 Å². The number of aryl methyl sites for hydroxylation is 1. The summed E-state index contributed by atoms with van der Waals surface area (Å²) >= 11 is 0. The quantitative estimate of drug-likeness (QED) is 0.545. The smallest absolute Gasteiger partial charge is 0.241 e. The van der Waals surface area contributed by atoms with E-state index in [1.807, 2.05) is 31.2 Å². The number of rotatable bonds is 9. The molecule has 0 spiro atoms. The second-order valence-corrected chi connectivity index (χ2v) is 8.51. The van der Waals surface area contributed by atoms with E-state index in [0.717, 1.165) is 11.1 Å². The van der Waals surface area contributed by atoms with Gasteiger partial charge in [0.15, 0.2) is 0 Å². The van der Waals surface area contributed by atoms with Gasteiger partial charge >= 0.3 is 0 Å². The van der Waals surface area contributed by atoms with Crippen molar-refractivity contribution in [2.75, 3.05) is 7.11 Å². The molecule has 0 radical (unpaired) electrons. The van der Waals surface area contributed by atoms with Gasteiger partial charge in [0.25, 0.3) is 0 Å². The van der Waals surface area contributed by atoms with Gasteiger partial charge in [-0.3, -0.25) is 4.79 Å². The molecule has 3 aromatic rings. The number of ether oxygens (including phenoxy) is 1. The molecule has 0 aliphatic carbocycles. The number of methoxy groups -OCH3 is 1. The third-order valence-corrected chi connectivity index (χ3v) is 6.06. The lowest BCUT2D eigenvalue weighted by Crippen LogP contribution is -2.33. The number of amides is 1. The average molecular weight is 429 g/mol. The average Bonchev–Trinajstić information content (AvgIpc) is 3.27.